The molecule has 0 saturated carbocycles. The van der Waals surface area contributed by atoms with Crippen LogP contribution in [-0.2, 0) is 14.4 Å². The number of aliphatic hydroxyl groups excluding tert-OH is 1. The molecular weight excluding hydrogens is 538 g/mol. The molecule has 5 rings (SSSR count). The Morgan fingerprint density at radius 2 is 1.71 bits per heavy atom. The first-order chi connectivity index (χ1) is 19.6. The first-order valence-corrected chi connectivity index (χ1v) is 15.8. The van der Waals surface area contributed by atoms with Crippen molar-refractivity contribution in [2.24, 2.45) is 17.8 Å². The maximum absolute atomic E-state index is 14.6. The van der Waals surface area contributed by atoms with Gasteiger partial charge in [-0.05, 0) is 50.5 Å². The molecule has 1 aromatic carbocycles. The normalized spacial score (nSPS) is 31.7. The Hall–Kier alpha value is -2.78. The van der Waals surface area contributed by atoms with E-state index in [2.05, 4.69) is 13.0 Å². The van der Waals surface area contributed by atoms with Gasteiger partial charge in [-0.2, -0.15) is 0 Å². The lowest BCUT2D eigenvalue weighted by Gasteiger charge is -2.41. The zero-order chi connectivity index (χ0) is 29.5. The van der Waals surface area contributed by atoms with Crippen molar-refractivity contribution < 1.29 is 24.2 Å². The summed E-state index contributed by atoms with van der Waals surface area (Å²) < 4.78 is 4.00. The molecule has 3 amide bonds. The highest BCUT2D eigenvalue weighted by Gasteiger charge is 2.74. The van der Waals surface area contributed by atoms with Crippen molar-refractivity contribution in [3.05, 3.63) is 48.6 Å². The summed E-state index contributed by atoms with van der Waals surface area (Å²) in [5.41, 5.74) is 0.741. The number of nitrogens with zero attached hydrogens (tertiary/aromatic N) is 3. The average molecular weight is 582 g/mol. The number of carbonyl (C=O) groups is 3. The zero-order valence-corrected chi connectivity index (χ0v) is 25.6. The van der Waals surface area contributed by atoms with Crippen LogP contribution in [0.4, 0.5) is 5.69 Å². The van der Waals surface area contributed by atoms with Crippen LogP contribution in [0, 0.1) is 17.8 Å². The van der Waals surface area contributed by atoms with Crippen LogP contribution in [0.1, 0.15) is 47.5 Å². The summed E-state index contributed by atoms with van der Waals surface area (Å²) in [6.45, 7) is 11.8. The first-order valence-electron chi connectivity index (χ1n) is 14.9. The third kappa shape index (κ3) is 4.79. The van der Waals surface area contributed by atoms with Crippen LogP contribution in [0.3, 0.4) is 0 Å². The Kier molecular flexibility index (Phi) is 8.32. The average Bonchev–Trinajstić information content (AvgIpc) is 3.21. The van der Waals surface area contributed by atoms with Crippen molar-refractivity contribution >= 4 is 35.2 Å². The number of ether oxygens (including phenoxy) is 1. The van der Waals surface area contributed by atoms with E-state index in [1.54, 1.807) is 21.6 Å². The third-order valence-corrected chi connectivity index (χ3v) is 10.9. The highest BCUT2D eigenvalue weighted by Crippen LogP contribution is 2.66. The van der Waals surface area contributed by atoms with E-state index in [4.69, 9.17) is 4.74 Å². The second-order valence-electron chi connectivity index (χ2n) is 12.1. The van der Waals surface area contributed by atoms with E-state index < -0.39 is 33.4 Å². The minimum absolute atomic E-state index is 0.0644. The van der Waals surface area contributed by atoms with Crippen LogP contribution >= 0.6 is 11.8 Å². The Morgan fingerprint density at radius 1 is 1.00 bits per heavy atom. The van der Waals surface area contributed by atoms with E-state index in [-0.39, 0.29) is 30.2 Å². The van der Waals surface area contributed by atoms with Gasteiger partial charge in [0, 0.05) is 30.1 Å². The Balaban J connectivity index is 1.61. The predicted octanol–water partition coefficient (Wildman–Crippen LogP) is 3.89. The number of hydrogen-bond donors (Lipinski definition) is 1. The van der Waals surface area contributed by atoms with Gasteiger partial charge < -0.3 is 24.5 Å². The molecule has 8 nitrogen and oxygen atoms in total. The monoisotopic (exact) mass is 581 g/mol. The van der Waals surface area contributed by atoms with E-state index in [9.17, 15) is 19.5 Å². The molecule has 1 unspecified atom stereocenters. The summed E-state index contributed by atoms with van der Waals surface area (Å²) in [5.74, 6) is -1.17. The molecule has 0 aliphatic carbocycles. The molecule has 1 N–H and O–H groups in total. The number of carbonyl (C=O) groups excluding carboxylic acids is 3. The number of benzene rings is 1. The van der Waals surface area contributed by atoms with Crippen molar-refractivity contribution in [2.75, 3.05) is 37.7 Å². The number of hydrogen-bond acceptors (Lipinski definition) is 6. The van der Waals surface area contributed by atoms with E-state index in [1.807, 2.05) is 75.1 Å². The van der Waals surface area contributed by atoms with Gasteiger partial charge in [-0.3, -0.25) is 14.4 Å². The minimum Gasteiger partial charge on any atom is -0.494 e. The van der Waals surface area contributed by atoms with Crippen molar-refractivity contribution in [2.45, 2.75) is 69.0 Å². The number of rotatable bonds is 9. The van der Waals surface area contributed by atoms with Gasteiger partial charge in [0.1, 0.15) is 11.8 Å². The van der Waals surface area contributed by atoms with Crippen molar-refractivity contribution in [3.63, 3.8) is 0 Å². The first kappa shape index (κ1) is 29.7. The fourth-order valence-corrected chi connectivity index (χ4v) is 9.30. The number of likely N-dealkylation sites (tertiary alicyclic amines) is 1. The lowest BCUT2D eigenvalue weighted by molar-refractivity contribution is -0.146. The highest BCUT2D eigenvalue weighted by molar-refractivity contribution is 8.02. The standard InChI is InChI=1S/C32H43N3O5S/c1-6-8-17-33-18-10-16-32-26(29(38)35(27(32)30(33)39)24(20-36)21(3)4)25-28(37)34(19-9-15-31(25,5)41-32)22-11-13-23(14-12-22)40-7-2/h9-16,21,24-27,36H,6-8,17-20H2,1-5H3/t24-,25-,26-,27?,31+,32-/m0/s1. The fourth-order valence-electron chi connectivity index (χ4n) is 7.16. The highest BCUT2D eigenvalue weighted by atomic mass is 32.2. The second kappa shape index (κ2) is 11.5. The molecule has 0 radical (unpaired) electrons. The smallest absolute Gasteiger partial charge is 0.247 e. The second-order valence-corrected chi connectivity index (χ2v) is 13.8. The van der Waals surface area contributed by atoms with E-state index in [1.165, 1.54) is 0 Å². The van der Waals surface area contributed by atoms with Crippen LogP contribution in [-0.4, -0.2) is 87.1 Å². The van der Waals surface area contributed by atoms with Crippen LogP contribution in [0.15, 0.2) is 48.6 Å². The number of unbranched alkanes of at least 4 members (excludes halogenated alkanes) is 1. The largest absolute Gasteiger partial charge is 0.494 e. The Morgan fingerprint density at radius 3 is 2.34 bits per heavy atom. The van der Waals surface area contributed by atoms with Crippen LogP contribution in [0.25, 0.3) is 0 Å². The molecule has 41 heavy (non-hydrogen) atoms. The van der Waals surface area contributed by atoms with Crippen LogP contribution in [0.2, 0.25) is 0 Å². The summed E-state index contributed by atoms with van der Waals surface area (Å²) in [4.78, 5) is 48.8. The van der Waals surface area contributed by atoms with Gasteiger partial charge in [-0.25, -0.2) is 0 Å². The molecule has 2 saturated heterocycles. The maximum Gasteiger partial charge on any atom is 0.247 e. The third-order valence-electron chi connectivity index (χ3n) is 9.13. The molecule has 2 fully saturated rings. The molecule has 9 heteroatoms. The van der Waals surface area contributed by atoms with E-state index in [0.717, 1.165) is 24.3 Å². The van der Waals surface area contributed by atoms with E-state index >= 15 is 0 Å². The zero-order valence-electron chi connectivity index (χ0n) is 24.8. The molecular formula is C32H43N3O5S. The number of fused-ring (bicyclic) bond motifs is 2. The predicted molar refractivity (Wildman–Crippen MR) is 162 cm³/mol. The molecule has 6 atom stereocenters. The number of thioether (sulfide) groups is 1. The molecule has 0 bridgehead atoms. The van der Waals surface area contributed by atoms with Crippen molar-refractivity contribution in [1.82, 2.24) is 9.80 Å². The lowest BCUT2D eigenvalue weighted by atomic mass is 9.74. The minimum atomic E-state index is -0.918. The summed E-state index contributed by atoms with van der Waals surface area (Å²) in [6.07, 6.45) is 9.97. The van der Waals surface area contributed by atoms with Gasteiger partial charge in [0.05, 0.1) is 35.8 Å². The van der Waals surface area contributed by atoms with Gasteiger partial charge in [-0.1, -0.05) is 51.5 Å². The van der Waals surface area contributed by atoms with Crippen LogP contribution in [0.5, 0.6) is 5.75 Å². The van der Waals surface area contributed by atoms with E-state index in [0.29, 0.717) is 26.2 Å². The molecule has 1 aromatic rings. The topological polar surface area (TPSA) is 90.4 Å². The summed E-state index contributed by atoms with van der Waals surface area (Å²) in [6, 6.07) is 6.16. The summed E-state index contributed by atoms with van der Waals surface area (Å²) in [5, 5.41) is 10.5. The van der Waals surface area contributed by atoms with Crippen LogP contribution < -0.4 is 9.64 Å². The van der Waals surface area contributed by atoms with Gasteiger partial charge in [-0.15, -0.1) is 11.8 Å². The van der Waals surface area contributed by atoms with Gasteiger partial charge in [0.25, 0.3) is 0 Å². The van der Waals surface area contributed by atoms with Gasteiger partial charge in [0.15, 0.2) is 0 Å². The molecule has 4 aliphatic heterocycles. The Labute approximate surface area is 247 Å². The fraction of sp³-hybridized carbons (Fsp3) is 0.594. The quantitative estimate of drug-likeness (QED) is 0.445. The number of amides is 3. The molecule has 4 heterocycles. The number of anilines is 1. The SMILES string of the molecule is CCCCN1CC=C[C@]23S[C@]4(C)C=CCN(c5ccc(OCC)cc5)C(=O)[C@@H]4[C@H]2C(=O)N([C@@H](CO)C(C)C)C3C1=O. The lowest BCUT2D eigenvalue weighted by Crippen LogP contribution is -2.58. The van der Waals surface area contributed by atoms with Crippen molar-refractivity contribution in [1.29, 1.82) is 0 Å². The van der Waals surface area contributed by atoms with Crippen molar-refractivity contribution in [3.8, 4) is 5.75 Å². The molecule has 0 aromatic heterocycles. The molecule has 222 valence electrons. The number of aliphatic hydroxyl groups is 1. The maximum atomic E-state index is 14.6. The summed E-state index contributed by atoms with van der Waals surface area (Å²) in [7, 11) is 0. The molecule has 4 aliphatic rings. The Bertz CT molecular complexity index is 1230. The molecule has 1 spiro atoms. The summed E-state index contributed by atoms with van der Waals surface area (Å²) >= 11 is 1.58. The van der Waals surface area contributed by atoms with Gasteiger partial charge in [0.2, 0.25) is 17.7 Å². The van der Waals surface area contributed by atoms with Gasteiger partial charge >= 0.3 is 0 Å².